The minimum Gasteiger partial charge on any atom is -0.224 e. The van der Waals surface area contributed by atoms with Crippen LogP contribution in [0.4, 0.5) is 0 Å². The van der Waals surface area contributed by atoms with E-state index in [0.717, 1.165) is 5.92 Å². The van der Waals surface area contributed by atoms with Gasteiger partial charge >= 0.3 is 0 Å². The van der Waals surface area contributed by atoms with Gasteiger partial charge in [0.05, 0.1) is 22.9 Å². The van der Waals surface area contributed by atoms with Gasteiger partial charge in [0.25, 0.3) is 0 Å². The van der Waals surface area contributed by atoms with Crippen LogP contribution in [0.3, 0.4) is 0 Å². The second kappa shape index (κ2) is 4.31. The van der Waals surface area contributed by atoms with Crippen molar-refractivity contribution in [3.05, 3.63) is 0 Å². The molecule has 0 bridgehead atoms. The van der Waals surface area contributed by atoms with Gasteiger partial charge in [0.1, 0.15) is 0 Å². The minimum atomic E-state index is 0.811. The standard InChI is InChI=1S/C8H14IN/c1-2-7-5-3-4-6-8(7)10-9/h7H,2-6H2,1H3/b10-8+/t7-/m0/s1. The summed E-state index contributed by atoms with van der Waals surface area (Å²) >= 11 is 2.13. The second-order valence-corrected chi connectivity index (χ2v) is 3.41. The molecule has 0 aliphatic heterocycles. The summed E-state index contributed by atoms with van der Waals surface area (Å²) in [6.07, 6.45) is 6.67. The highest BCUT2D eigenvalue weighted by molar-refractivity contribution is 14.1. The largest absolute Gasteiger partial charge is 0.224 e. The summed E-state index contributed by atoms with van der Waals surface area (Å²) in [6, 6.07) is 0. The lowest BCUT2D eigenvalue weighted by Gasteiger charge is -2.21. The van der Waals surface area contributed by atoms with E-state index in [4.69, 9.17) is 0 Å². The van der Waals surface area contributed by atoms with Gasteiger partial charge in [0.2, 0.25) is 0 Å². The van der Waals surface area contributed by atoms with Crippen LogP contribution in [0.1, 0.15) is 39.0 Å². The number of rotatable bonds is 1. The van der Waals surface area contributed by atoms with Crippen molar-refractivity contribution in [1.29, 1.82) is 0 Å². The van der Waals surface area contributed by atoms with Crippen molar-refractivity contribution < 1.29 is 0 Å². The maximum atomic E-state index is 4.29. The first kappa shape index (κ1) is 8.50. The first-order chi connectivity index (χ1) is 4.88. The van der Waals surface area contributed by atoms with Crippen LogP contribution in [0.2, 0.25) is 0 Å². The number of halogens is 1. The van der Waals surface area contributed by atoms with Crippen LogP contribution in [-0.2, 0) is 0 Å². The fourth-order valence-corrected chi connectivity index (χ4v) is 2.25. The highest BCUT2D eigenvalue weighted by Crippen LogP contribution is 2.24. The number of hydrogen-bond acceptors (Lipinski definition) is 1. The Balaban J connectivity index is 2.50. The number of hydrogen-bond donors (Lipinski definition) is 0. The van der Waals surface area contributed by atoms with E-state index in [2.05, 4.69) is 33.0 Å². The van der Waals surface area contributed by atoms with E-state index in [-0.39, 0.29) is 0 Å². The molecule has 0 spiro atoms. The van der Waals surface area contributed by atoms with Crippen LogP contribution in [-0.4, -0.2) is 5.71 Å². The molecule has 0 radical (unpaired) electrons. The summed E-state index contributed by atoms with van der Waals surface area (Å²) in [5.74, 6) is 0.811. The van der Waals surface area contributed by atoms with Crippen molar-refractivity contribution in [2.45, 2.75) is 39.0 Å². The van der Waals surface area contributed by atoms with E-state index in [1.165, 1.54) is 37.8 Å². The van der Waals surface area contributed by atoms with Crippen molar-refractivity contribution in [1.82, 2.24) is 0 Å². The molecule has 0 aromatic rings. The lowest BCUT2D eigenvalue weighted by molar-refractivity contribution is 0.516. The molecule has 1 fully saturated rings. The molecule has 0 saturated heterocycles. The topological polar surface area (TPSA) is 12.4 Å². The van der Waals surface area contributed by atoms with Crippen LogP contribution in [0.5, 0.6) is 0 Å². The predicted octanol–water partition coefficient (Wildman–Crippen LogP) is 3.38. The van der Waals surface area contributed by atoms with Gasteiger partial charge in [-0.15, -0.1) is 0 Å². The summed E-state index contributed by atoms with van der Waals surface area (Å²) in [4.78, 5) is 0. The summed E-state index contributed by atoms with van der Waals surface area (Å²) in [6.45, 7) is 2.26. The quantitative estimate of drug-likeness (QED) is 0.633. The molecule has 1 nitrogen and oxygen atoms in total. The Morgan fingerprint density at radius 2 is 2.40 bits per heavy atom. The highest BCUT2D eigenvalue weighted by atomic mass is 127. The normalized spacial score (nSPS) is 31.0. The number of nitrogens with zero attached hydrogens (tertiary/aromatic N) is 1. The zero-order chi connectivity index (χ0) is 7.40. The first-order valence-electron chi connectivity index (χ1n) is 4.06. The van der Waals surface area contributed by atoms with E-state index < -0.39 is 0 Å². The monoisotopic (exact) mass is 251 g/mol. The third-order valence-electron chi connectivity index (χ3n) is 2.31. The minimum absolute atomic E-state index is 0.811. The molecule has 2 heteroatoms. The van der Waals surface area contributed by atoms with Crippen LogP contribution in [0, 0.1) is 5.92 Å². The van der Waals surface area contributed by atoms with Crippen molar-refractivity contribution in [2.75, 3.05) is 0 Å². The molecule has 0 amide bonds. The van der Waals surface area contributed by atoms with E-state index in [1.807, 2.05) is 0 Å². The maximum absolute atomic E-state index is 4.29. The molecule has 0 aromatic heterocycles. The molecule has 58 valence electrons. The van der Waals surface area contributed by atoms with Gasteiger partial charge in [-0.25, -0.2) is 3.21 Å². The lowest BCUT2D eigenvalue weighted by atomic mass is 9.86. The van der Waals surface area contributed by atoms with Gasteiger partial charge in [-0.2, -0.15) is 0 Å². The molecule has 10 heavy (non-hydrogen) atoms. The molecule has 0 heterocycles. The summed E-state index contributed by atoms with van der Waals surface area (Å²) < 4.78 is 4.29. The predicted molar refractivity (Wildman–Crippen MR) is 53.7 cm³/mol. The van der Waals surface area contributed by atoms with Crippen LogP contribution in [0.25, 0.3) is 0 Å². The summed E-state index contributed by atoms with van der Waals surface area (Å²) in [5, 5.41) is 0. The third-order valence-corrected chi connectivity index (χ3v) is 2.93. The van der Waals surface area contributed by atoms with Crippen molar-refractivity contribution in [3.8, 4) is 0 Å². The van der Waals surface area contributed by atoms with Crippen LogP contribution in [0.15, 0.2) is 3.21 Å². The third kappa shape index (κ3) is 1.94. The molecule has 1 aliphatic carbocycles. The van der Waals surface area contributed by atoms with E-state index in [0.29, 0.717) is 0 Å². The van der Waals surface area contributed by atoms with Crippen LogP contribution >= 0.6 is 22.9 Å². The molecule has 1 rings (SSSR count). The molecule has 1 saturated carbocycles. The van der Waals surface area contributed by atoms with Gasteiger partial charge in [-0.05, 0) is 31.6 Å². The Hall–Kier alpha value is 0.400. The van der Waals surface area contributed by atoms with Crippen molar-refractivity contribution in [3.63, 3.8) is 0 Å². The van der Waals surface area contributed by atoms with Gasteiger partial charge in [-0.3, -0.25) is 0 Å². The van der Waals surface area contributed by atoms with Gasteiger partial charge in [0.15, 0.2) is 0 Å². The Morgan fingerprint density at radius 3 is 2.90 bits per heavy atom. The molecular formula is C8H14IN. The van der Waals surface area contributed by atoms with E-state index >= 15 is 0 Å². The molecular weight excluding hydrogens is 237 g/mol. The van der Waals surface area contributed by atoms with Gasteiger partial charge in [-0.1, -0.05) is 13.3 Å². The van der Waals surface area contributed by atoms with E-state index in [9.17, 15) is 0 Å². The zero-order valence-electron chi connectivity index (χ0n) is 6.44. The van der Waals surface area contributed by atoms with Crippen molar-refractivity contribution in [2.24, 2.45) is 9.12 Å². The first-order valence-corrected chi connectivity index (χ1v) is 5.02. The molecule has 1 atom stereocenters. The van der Waals surface area contributed by atoms with Crippen LogP contribution < -0.4 is 0 Å². The SMILES string of the molecule is CC[C@H]1CCCC/C1=N\I. The molecule has 0 N–H and O–H groups in total. The Bertz CT molecular complexity index is 131. The fourth-order valence-electron chi connectivity index (χ4n) is 1.62. The maximum Gasteiger partial charge on any atom is 0.0830 e. The Labute approximate surface area is 76.8 Å². The summed E-state index contributed by atoms with van der Waals surface area (Å²) in [7, 11) is 0. The average Bonchev–Trinajstić information content (AvgIpc) is 2.04. The Morgan fingerprint density at radius 1 is 1.60 bits per heavy atom. The van der Waals surface area contributed by atoms with Crippen molar-refractivity contribution >= 4 is 28.6 Å². The smallest absolute Gasteiger partial charge is 0.0830 e. The zero-order valence-corrected chi connectivity index (χ0v) is 8.60. The fraction of sp³-hybridized carbons (Fsp3) is 0.875. The lowest BCUT2D eigenvalue weighted by Crippen LogP contribution is -2.17. The van der Waals surface area contributed by atoms with Gasteiger partial charge in [0, 0.05) is 5.71 Å². The second-order valence-electron chi connectivity index (χ2n) is 2.93. The average molecular weight is 251 g/mol. The molecule has 0 aromatic carbocycles. The summed E-state index contributed by atoms with van der Waals surface area (Å²) in [5.41, 5.74) is 1.45. The molecule has 0 unspecified atom stereocenters. The molecule has 1 aliphatic rings. The van der Waals surface area contributed by atoms with Gasteiger partial charge < -0.3 is 0 Å². The van der Waals surface area contributed by atoms with E-state index in [1.54, 1.807) is 0 Å². The Kier molecular flexibility index (Phi) is 3.66. The highest BCUT2D eigenvalue weighted by Gasteiger charge is 2.17.